The quantitative estimate of drug-likeness (QED) is 0.691. The van der Waals surface area contributed by atoms with Crippen LogP contribution in [0.4, 0.5) is 0 Å². The predicted octanol–water partition coefficient (Wildman–Crippen LogP) is 1.95. The van der Waals surface area contributed by atoms with Crippen LogP contribution in [0.2, 0.25) is 0 Å². The first kappa shape index (κ1) is 13.0. The number of nitrogens with one attached hydrogen (secondary N) is 1. The van der Waals surface area contributed by atoms with Crippen molar-refractivity contribution in [2.75, 3.05) is 6.54 Å². The molecule has 0 aliphatic rings. The highest BCUT2D eigenvalue weighted by Crippen LogP contribution is 2.20. The van der Waals surface area contributed by atoms with Gasteiger partial charge in [0.1, 0.15) is 5.75 Å². The largest absolute Gasteiger partial charge is 0.507 e. The van der Waals surface area contributed by atoms with E-state index in [0.717, 1.165) is 24.0 Å². The summed E-state index contributed by atoms with van der Waals surface area (Å²) in [6.45, 7) is 5.09. The molecule has 0 aliphatic heterocycles. The normalized spacial score (nSPS) is 12.7. The molecule has 0 fully saturated rings. The number of rotatable bonds is 6. The van der Waals surface area contributed by atoms with Gasteiger partial charge in [-0.05, 0) is 18.9 Å². The third kappa shape index (κ3) is 3.83. The molecular weight excluding hydrogens is 202 g/mol. The third-order valence-electron chi connectivity index (χ3n) is 2.64. The molecule has 0 spiro atoms. The lowest BCUT2D eigenvalue weighted by atomic mass is 10.1. The highest BCUT2D eigenvalue weighted by Gasteiger charge is 2.05. The van der Waals surface area contributed by atoms with E-state index in [9.17, 15) is 10.2 Å². The van der Waals surface area contributed by atoms with Crippen molar-refractivity contribution in [3.8, 4) is 5.75 Å². The highest BCUT2D eigenvalue weighted by molar-refractivity contribution is 5.39. The van der Waals surface area contributed by atoms with Crippen LogP contribution in [-0.2, 0) is 6.54 Å². The minimum absolute atomic E-state index is 0.294. The smallest absolute Gasteiger partial charge is 0.122 e. The van der Waals surface area contributed by atoms with Crippen LogP contribution >= 0.6 is 0 Å². The van der Waals surface area contributed by atoms with E-state index in [0.29, 0.717) is 18.8 Å². The van der Waals surface area contributed by atoms with Gasteiger partial charge in [0.25, 0.3) is 0 Å². The first-order valence-electron chi connectivity index (χ1n) is 5.81. The standard InChI is InChI=1S/C13H21NO2/c1-3-5-12(15)9-14-8-11-7-4-6-10(2)13(11)16/h4,6-7,12,14-16H,3,5,8-9H2,1-2H3. The zero-order chi connectivity index (χ0) is 12.0. The van der Waals surface area contributed by atoms with Crippen molar-refractivity contribution >= 4 is 0 Å². The van der Waals surface area contributed by atoms with Gasteiger partial charge >= 0.3 is 0 Å². The van der Waals surface area contributed by atoms with Crippen LogP contribution in [0.25, 0.3) is 0 Å². The molecule has 1 unspecified atom stereocenters. The lowest BCUT2D eigenvalue weighted by Gasteiger charge is -2.12. The number of para-hydroxylation sites is 1. The van der Waals surface area contributed by atoms with Crippen molar-refractivity contribution in [2.45, 2.75) is 39.3 Å². The van der Waals surface area contributed by atoms with Crippen molar-refractivity contribution in [1.82, 2.24) is 5.32 Å². The Morgan fingerprint density at radius 1 is 1.38 bits per heavy atom. The van der Waals surface area contributed by atoms with Crippen LogP contribution in [0.3, 0.4) is 0 Å². The first-order chi connectivity index (χ1) is 7.65. The summed E-state index contributed by atoms with van der Waals surface area (Å²) in [6, 6.07) is 5.70. The Labute approximate surface area is 97.1 Å². The second-order valence-electron chi connectivity index (χ2n) is 4.16. The van der Waals surface area contributed by atoms with Crippen molar-refractivity contribution in [1.29, 1.82) is 0 Å². The number of phenolic OH excluding ortho intramolecular Hbond substituents is 1. The maximum Gasteiger partial charge on any atom is 0.122 e. The van der Waals surface area contributed by atoms with E-state index in [1.165, 1.54) is 0 Å². The highest BCUT2D eigenvalue weighted by atomic mass is 16.3. The van der Waals surface area contributed by atoms with Crippen molar-refractivity contribution in [3.05, 3.63) is 29.3 Å². The number of aromatic hydroxyl groups is 1. The van der Waals surface area contributed by atoms with Gasteiger partial charge in [0, 0.05) is 18.7 Å². The molecule has 0 bridgehead atoms. The van der Waals surface area contributed by atoms with Crippen LogP contribution in [-0.4, -0.2) is 22.9 Å². The molecule has 0 aromatic heterocycles. The van der Waals surface area contributed by atoms with E-state index < -0.39 is 0 Å². The molecule has 0 radical (unpaired) electrons. The minimum Gasteiger partial charge on any atom is -0.507 e. The summed E-state index contributed by atoms with van der Waals surface area (Å²) in [6.07, 6.45) is 1.50. The maximum atomic E-state index is 9.76. The summed E-state index contributed by atoms with van der Waals surface area (Å²) in [5.74, 6) is 0.347. The topological polar surface area (TPSA) is 52.5 Å². The Hall–Kier alpha value is -1.06. The van der Waals surface area contributed by atoms with Crippen LogP contribution in [0.5, 0.6) is 5.75 Å². The van der Waals surface area contributed by atoms with Crippen molar-refractivity contribution in [3.63, 3.8) is 0 Å². The molecule has 3 N–H and O–H groups in total. The van der Waals surface area contributed by atoms with Gasteiger partial charge in [-0.3, -0.25) is 0 Å². The molecule has 90 valence electrons. The van der Waals surface area contributed by atoms with Gasteiger partial charge < -0.3 is 15.5 Å². The second kappa shape index (κ2) is 6.51. The SMILES string of the molecule is CCCC(O)CNCc1cccc(C)c1O. The fourth-order valence-corrected chi connectivity index (χ4v) is 1.67. The Morgan fingerprint density at radius 3 is 2.81 bits per heavy atom. The van der Waals surface area contributed by atoms with Gasteiger partial charge in [-0.25, -0.2) is 0 Å². The molecule has 0 aliphatic carbocycles. The van der Waals surface area contributed by atoms with E-state index >= 15 is 0 Å². The van der Waals surface area contributed by atoms with E-state index in [2.05, 4.69) is 12.2 Å². The Kier molecular flexibility index (Phi) is 5.29. The molecule has 3 heteroatoms. The summed E-state index contributed by atoms with van der Waals surface area (Å²) in [7, 11) is 0. The summed E-state index contributed by atoms with van der Waals surface area (Å²) in [4.78, 5) is 0. The lowest BCUT2D eigenvalue weighted by molar-refractivity contribution is 0.160. The van der Waals surface area contributed by atoms with Gasteiger partial charge in [0.2, 0.25) is 0 Å². The van der Waals surface area contributed by atoms with E-state index in [1.807, 2.05) is 25.1 Å². The zero-order valence-corrected chi connectivity index (χ0v) is 10.0. The molecule has 0 saturated heterocycles. The number of aryl methyl sites for hydroxylation is 1. The monoisotopic (exact) mass is 223 g/mol. The maximum absolute atomic E-state index is 9.76. The Bertz CT molecular complexity index is 326. The van der Waals surface area contributed by atoms with Gasteiger partial charge in [-0.15, -0.1) is 0 Å². The number of aliphatic hydroxyl groups excluding tert-OH is 1. The van der Waals surface area contributed by atoms with Crippen LogP contribution < -0.4 is 5.32 Å². The summed E-state index contributed by atoms with van der Waals surface area (Å²) in [5, 5.41) is 22.4. The van der Waals surface area contributed by atoms with Crippen molar-refractivity contribution < 1.29 is 10.2 Å². The van der Waals surface area contributed by atoms with Gasteiger partial charge in [0.15, 0.2) is 0 Å². The zero-order valence-electron chi connectivity index (χ0n) is 10.0. The third-order valence-corrected chi connectivity index (χ3v) is 2.64. The molecular formula is C13H21NO2. The molecule has 1 rings (SSSR count). The fourth-order valence-electron chi connectivity index (χ4n) is 1.67. The fraction of sp³-hybridized carbons (Fsp3) is 0.538. The second-order valence-corrected chi connectivity index (χ2v) is 4.16. The molecule has 16 heavy (non-hydrogen) atoms. The van der Waals surface area contributed by atoms with E-state index in [4.69, 9.17) is 0 Å². The molecule has 1 aromatic carbocycles. The number of benzene rings is 1. The van der Waals surface area contributed by atoms with Gasteiger partial charge in [0.05, 0.1) is 6.10 Å². The lowest BCUT2D eigenvalue weighted by Crippen LogP contribution is -2.26. The summed E-state index contributed by atoms with van der Waals surface area (Å²) < 4.78 is 0. The average Bonchev–Trinajstić information content (AvgIpc) is 2.25. The van der Waals surface area contributed by atoms with Crippen LogP contribution in [0.15, 0.2) is 18.2 Å². The number of phenols is 1. The average molecular weight is 223 g/mol. The summed E-state index contributed by atoms with van der Waals surface area (Å²) >= 11 is 0. The van der Waals surface area contributed by atoms with Crippen LogP contribution in [0.1, 0.15) is 30.9 Å². The molecule has 0 amide bonds. The number of aliphatic hydroxyl groups is 1. The molecule has 0 saturated carbocycles. The number of hydrogen-bond acceptors (Lipinski definition) is 3. The minimum atomic E-state index is -0.294. The van der Waals surface area contributed by atoms with Gasteiger partial charge in [-0.2, -0.15) is 0 Å². The number of hydrogen-bond donors (Lipinski definition) is 3. The van der Waals surface area contributed by atoms with E-state index in [1.54, 1.807) is 0 Å². The summed E-state index contributed by atoms with van der Waals surface area (Å²) in [5.41, 5.74) is 1.76. The molecule has 1 atom stereocenters. The van der Waals surface area contributed by atoms with E-state index in [-0.39, 0.29) is 6.10 Å². The Balaban J connectivity index is 2.40. The van der Waals surface area contributed by atoms with Gasteiger partial charge in [-0.1, -0.05) is 31.5 Å². The first-order valence-corrected chi connectivity index (χ1v) is 5.81. The van der Waals surface area contributed by atoms with Crippen LogP contribution in [0, 0.1) is 6.92 Å². The molecule has 1 aromatic rings. The predicted molar refractivity (Wildman–Crippen MR) is 65.5 cm³/mol. The molecule has 0 heterocycles. The molecule has 3 nitrogen and oxygen atoms in total. The van der Waals surface area contributed by atoms with Crippen molar-refractivity contribution in [2.24, 2.45) is 0 Å². The Morgan fingerprint density at radius 2 is 2.12 bits per heavy atom.